The van der Waals surface area contributed by atoms with Gasteiger partial charge in [0.15, 0.2) is 0 Å². The standard InChI is InChI=1S/C21H30BNO8/c1-8-29-15-10-13(18(25)23-16(19(26)28-7)12-17(24)27-6)9-14(11-15)22-30-20(2,3)21(4,5)31-22/h9-11,16H,8,12H2,1-7H3,(H,23,25)/t16-/m0/s1. The van der Waals surface area contributed by atoms with E-state index in [2.05, 4.69) is 14.8 Å². The monoisotopic (exact) mass is 435 g/mol. The predicted molar refractivity (Wildman–Crippen MR) is 113 cm³/mol. The molecule has 0 unspecified atom stereocenters. The molecule has 1 saturated heterocycles. The Hall–Kier alpha value is -2.59. The molecule has 9 nitrogen and oxygen atoms in total. The van der Waals surface area contributed by atoms with Gasteiger partial charge in [-0.1, -0.05) is 0 Å². The lowest BCUT2D eigenvalue weighted by atomic mass is 9.78. The van der Waals surface area contributed by atoms with Crippen LogP contribution in [-0.2, 0) is 28.4 Å². The first-order valence-electron chi connectivity index (χ1n) is 10.0. The van der Waals surface area contributed by atoms with Crippen LogP contribution in [0.2, 0.25) is 0 Å². The normalized spacial score (nSPS) is 17.6. The summed E-state index contributed by atoms with van der Waals surface area (Å²) in [7, 11) is 1.66. The average Bonchev–Trinajstić information content (AvgIpc) is 2.93. The minimum absolute atomic E-state index is 0.217. The smallest absolute Gasteiger partial charge is 0.494 e. The van der Waals surface area contributed by atoms with E-state index >= 15 is 0 Å². The van der Waals surface area contributed by atoms with E-state index in [1.165, 1.54) is 14.2 Å². The van der Waals surface area contributed by atoms with Crippen LogP contribution < -0.4 is 15.5 Å². The Balaban J connectivity index is 2.33. The van der Waals surface area contributed by atoms with Gasteiger partial charge in [-0.25, -0.2) is 4.79 Å². The highest BCUT2D eigenvalue weighted by Crippen LogP contribution is 2.36. The van der Waals surface area contributed by atoms with Gasteiger partial charge in [0.05, 0.1) is 38.4 Å². The lowest BCUT2D eigenvalue weighted by Gasteiger charge is -2.32. The zero-order chi connectivity index (χ0) is 23.4. The van der Waals surface area contributed by atoms with Crippen molar-refractivity contribution in [2.24, 2.45) is 0 Å². The molecule has 0 bridgehead atoms. The van der Waals surface area contributed by atoms with Crippen LogP contribution in [0.3, 0.4) is 0 Å². The molecule has 31 heavy (non-hydrogen) atoms. The average molecular weight is 435 g/mol. The first kappa shape index (κ1) is 24.7. The van der Waals surface area contributed by atoms with E-state index in [1.54, 1.807) is 18.2 Å². The molecular formula is C21H30BNO8. The van der Waals surface area contributed by atoms with Gasteiger partial charge in [-0.2, -0.15) is 0 Å². The molecule has 1 amide bonds. The molecular weight excluding hydrogens is 405 g/mol. The molecule has 1 aromatic rings. The maximum absolute atomic E-state index is 12.9. The third kappa shape index (κ3) is 5.77. The summed E-state index contributed by atoms with van der Waals surface area (Å²) in [5.74, 6) is -1.55. The third-order valence-electron chi connectivity index (χ3n) is 5.42. The van der Waals surface area contributed by atoms with Crippen LogP contribution >= 0.6 is 0 Å². The number of benzene rings is 1. The molecule has 0 radical (unpaired) electrons. The van der Waals surface area contributed by atoms with Crippen LogP contribution in [-0.4, -0.2) is 63.0 Å². The molecule has 0 aliphatic carbocycles. The molecule has 170 valence electrons. The van der Waals surface area contributed by atoms with Gasteiger partial charge in [0.25, 0.3) is 5.91 Å². The van der Waals surface area contributed by atoms with Crippen molar-refractivity contribution in [1.29, 1.82) is 0 Å². The Morgan fingerprint density at radius 3 is 2.16 bits per heavy atom. The summed E-state index contributed by atoms with van der Waals surface area (Å²) in [5, 5.41) is 2.52. The molecule has 1 fully saturated rings. The first-order valence-corrected chi connectivity index (χ1v) is 10.0. The Labute approximate surface area is 182 Å². The zero-order valence-electron chi connectivity index (χ0n) is 19.1. The third-order valence-corrected chi connectivity index (χ3v) is 5.42. The highest BCUT2D eigenvalue weighted by atomic mass is 16.7. The Kier molecular flexibility index (Phi) is 7.72. The SMILES string of the molecule is CCOc1cc(B2OC(C)(C)C(C)(C)O2)cc(C(=O)N[C@@H](CC(=O)OC)C(=O)OC)c1. The summed E-state index contributed by atoms with van der Waals surface area (Å²) < 4.78 is 27.0. The molecule has 0 saturated carbocycles. The van der Waals surface area contributed by atoms with Crippen molar-refractivity contribution in [2.45, 2.75) is 58.3 Å². The number of hydrogen-bond donors (Lipinski definition) is 1. The van der Waals surface area contributed by atoms with Crippen LogP contribution in [0.15, 0.2) is 18.2 Å². The van der Waals surface area contributed by atoms with Crippen molar-refractivity contribution in [1.82, 2.24) is 5.32 Å². The number of methoxy groups -OCH3 is 2. The minimum atomic E-state index is -1.19. The van der Waals surface area contributed by atoms with Crippen molar-refractivity contribution in [3.8, 4) is 5.75 Å². The van der Waals surface area contributed by atoms with Crippen LogP contribution in [0, 0.1) is 0 Å². The number of amides is 1. The van der Waals surface area contributed by atoms with E-state index in [-0.39, 0.29) is 12.0 Å². The number of hydrogen-bond acceptors (Lipinski definition) is 8. The van der Waals surface area contributed by atoms with Crippen LogP contribution in [0.25, 0.3) is 0 Å². The van der Waals surface area contributed by atoms with Crippen LogP contribution in [0.4, 0.5) is 0 Å². The number of esters is 2. The fourth-order valence-electron chi connectivity index (χ4n) is 2.95. The first-order chi connectivity index (χ1) is 14.4. The molecule has 1 N–H and O–H groups in total. The largest absolute Gasteiger partial charge is 0.494 e. The predicted octanol–water partition coefficient (Wildman–Crippen LogP) is 1.22. The molecule has 0 aromatic heterocycles. The quantitative estimate of drug-likeness (QED) is 0.480. The van der Waals surface area contributed by atoms with Gasteiger partial charge in [0, 0.05) is 5.56 Å². The molecule has 2 rings (SSSR count). The van der Waals surface area contributed by atoms with Crippen molar-refractivity contribution >= 4 is 30.4 Å². The number of nitrogens with one attached hydrogen (secondary N) is 1. The molecule has 1 aliphatic heterocycles. The maximum atomic E-state index is 12.9. The molecule has 10 heteroatoms. The second-order valence-electron chi connectivity index (χ2n) is 8.14. The van der Waals surface area contributed by atoms with E-state index in [0.717, 1.165) is 0 Å². The second-order valence-corrected chi connectivity index (χ2v) is 8.14. The van der Waals surface area contributed by atoms with Gasteiger partial charge in [0.2, 0.25) is 0 Å². The van der Waals surface area contributed by atoms with Crippen LogP contribution in [0.1, 0.15) is 51.4 Å². The summed E-state index contributed by atoms with van der Waals surface area (Å²) in [6.07, 6.45) is -0.357. The van der Waals surface area contributed by atoms with E-state index in [1.807, 2.05) is 34.6 Å². The fraction of sp³-hybridized carbons (Fsp3) is 0.571. The zero-order valence-corrected chi connectivity index (χ0v) is 19.1. The lowest BCUT2D eigenvalue weighted by Crippen LogP contribution is -2.43. The number of ether oxygens (including phenoxy) is 3. The van der Waals surface area contributed by atoms with E-state index in [9.17, 15) is 14.4 Å². The fourth-order valence-corrected chi connectivity index (χ4v) is 2.95. The van der Waals surface area contributed by atoms with Gasteiger partial charge in [-0.15, -0.1) is 0 Å². The minimum Gasteiger partial charge on any atom is -0.494 e. The molecule has 1 aromatic carbocycles. The highest BCUT2D eigenvalue weighted by molar-refractivity contribution is 6.62. The number of carbonyl (C=O) groups excluding carboxylic acids is 3. The Bertz CT molecular complexity index is 823. The second kappa shape index (κ2) is 9.70. The van der Waals surface area contributed by atoms with Crippen LogP contribution in [0.5, 0.6) is 5.75 Å². The summed E-state index contributed by atoms with van der Waals surface area (Å²) in [4.78, 5) is 36.5. The molecule has 1 heterocycles. The van der Waals surface area contributed by atoms with Gasteiger partial charge in [0.1, 0.15) is 11.8 Å². The van der Waals surface area contributed by atoms with E-state index < -0.39 is 42.2 Å². The number of carbonyl (C=O) groups is 3. The summed E-state index contributed by atoms with van der Waals surface area (Å²) in [5.41, 5.74) is -0.303. The van der Waals surface area contributed by atoms with Crippen molar-refractivity contribution in [3.63, 3.8) is 0 Å². The topological polar surface area (TPSA) is 109 Å². The molecule has 1 atom stereocenters. The summed E-state index contributed by atoms with van der Waals surface area (Å²) in [6, 6.07) is 3.70. The highest BCUT2D eigenvalue weighted by Gasteiger charge is 2.51. The Morgan fingerprint density at radius 1 is 1.03 bits per heavy atom. The van der Waals surface area contributed by atoms with E-state index in [4.69, 9.17) is 14.0 Å². The maximum Gasteiger partial charge on any atom is 0.494 e. The van der Waals surface area contributed by atoms with Gasteiger partial charge in [-0.05, 0) is 58.3 Å². The van der Waals surface area contributed by atoms with Gasteiger partial charge < -0.3 is 28.8 Å². The van der Waals surface area contributed by atoms with Crippen molar-refractivity contribution in [2.75, 3.05) is 20.8 Å². The number of rotatable bonds is 8. The van der Waals surface area contributed by atoms with Crippen molar-refractivity contribution in [3.05, 3.63) is 23.8 Å². The molecule has 0 spiro atoms. The van der Waals surface area contributed by atoms with Crippen molar-refractivity contribution < 1.29 is 37.9 Å². The summed E-state index contributed by atoms with van der Waals surface area (Å²) >= 11 is 0. The van der Waals surface area contributed by atoms with Gasteiger partial charge in [-0.3, -0.25) is 9.59 Å². The van der Waals surface area contributed by atoms with Gasteiger partial charge >= 0.3 is 19.1 Å². The Morgan fingerprint density at radius 2 is 1.65 bits per heavy atom. The molecule has 1 aliphatic rings. The summed E-state index contributed by atoms with van der Waals surface area (Å²) in [6.45, 7) is 9.94. The lowest BCUT2D eigenvalue weighted by molar-refractivity contribution is -0.149. The van der Waals surface area contributed by atoms with E-state index in [0.29, 0.717) is 17.8 Å².